The van der Waals surface area contributed by atoms with Crippen LogP contribution in [-0.4, -0.2) is 40.7 Å². The molecular weight excluding hydrogens is 560 g/mol. The first kappa shape index (κ1) is 30.1. The Labute approximate surface area is 247 Å². The first-order valence-electron chi connectivity index (χ1n) is 13.4. The summed E-state index contributed by atoms with van der Waals surface area (Å²) in [6.45, 7) is 3.86. The zero-order valence-electron chi connectivity index (χ0n) is 22.8. The minimum absolute atomic E-state index is 0.213. The number of aliphatic carboxylic acids is 1. The summed E-state index contributed by atoms with van der Waals surface area (Å²) in [5, 5.41) is 17.1. The molecule has 1 aliphatic carbocycles. The van der Waals surface area contributed by atoms with Crippen molar-refractivity contribution in [1.82, 2.24) is 0 Å². The third-order valence-corrected chi connectivity index (χ3v) is 8.98. The third kappa shape index (κ3) is 7.45. The fraction of sp³-hybridized carbons (Fsp3) is 0.290. The largest absolute Gasteiger partial charge is 0.481 e. The molecule has 0 saturated carbocycles. The second-order valence-electron chi connectivity index (χ2n) is 9.46. The fourth-order valence-electron chi connectivity index (χ4n) is 4.62. The second kappa shape index (κ2) is 14.1. The van der Waals surface area contributed by atoms with E-state index in [0.29, 0.717) is 41.1 Å². The predicted molar refractivity (Wildman–Crippen MR) is 162 cm³/mol. The van der Waals surface area contributed by atoms with Crippen molar-refractivity contribution in [2.24, 2.45) is 11.8 Å². The summed E-state index contributed by atoms with van der Waals surface area (Å²) in [4.78, 5) is 51.6. The quantitative estimate of drug-likeness (QED) is 0.129. The molecule has 10 heteroatoms. The number of carboxylic acid groups (broad SMARTS) is 1. The molecule has 0 fully saturated rings. The SMILES string of the molecule is CCOC(=O)c1c(-c2ccccc2)csc1NC(=O)C(CC)Sc1cccc(NC(=O)C2CC=CCC2C(=O)O)c1. The number of benzene rings is 2. The van der Waals surface area contributed by atoms with E-state index < -0.39 is 29.0 Å². The van der Waals surface area contributed by atoms with Gasteiger partial charge in [0.15, 0.2) is 0 Å². The van der Waals surface area contributed by atoms with Crippen LogP contribution in [-0.2, 0) is 19.1 Å². The lowest BCUT2D eigenvalue weighted by Crippen LogP contribution is -2.34. The normalized spacial score (nSPS) is 16.9. The van der Waals surface area contributed by atoms with Gasteiger partial charge in [-0.2, -0.15) is 0 Å². The maximum atomic E-state index is 13.4. The number of carboxylic acids is 1. The van der Waals surface area contributed by atoms with E-state index >= 15 is 0 Å². The summed E-state index contributed by atoms with van der Waals surface area (Å²) in [5.74, 6) is -3.48. The van der Waals surface area contributed by atoms with E-state index in [4.69, 9.17) is 4.74 Å². The number of ether oxygens (including phenoxy) is 1. The van der Waals surface area contributed by atoms with Crippen molar-refractivity contribution < 1.29 is 29.0 Å². The van der Waals surface area contributed by atoms with Crippen LogP contribution >= 0.6 is 23.1 Å². The highest BCUT2D eigenvalue weighted by atomic mass is 32.2. The Hall–Kier alpha value is -3.89. The van der Waals surface area contributed by atoms with Gasteiger partial charge in [0.2, 0.25) is 11.8 Å². The lowest BCUT2D eigenvalue weighted by molar-refractivity contribution is -0.146. The number of allylic oxidation sites excluding steroid dienone is 2. The van der Waals surface area contributed by atoms with E-state index in [2.05, 4.69) is 10.6 Å². The average Bonchev–Trinajstić information content (AvgIpc) is 3.40. The Balaban J connectivity index is 1.48. The van der Waals surface area contributed by atoms with Crippen molar-refractivity contribution in [1.29, 1.82) is 0 Å². The molecule has 0 bridgehead atoms. The molecule has 3 unspecified atom stereocenters. The lowest BCUT2D eigenvalue weighted by atomic mass is 9.82. The van der Waals surface area contributed by atoms with Crippen molar-refractivity contribution in [3.05, 3.63) is 77.7 Å². The summed E-state index contributed by atoms with van der Waals surface area (Å²) in [5.41, 5.74) is 2.42. The Kier molecular flexibility index (Phi) is 10.4. The van der Waals surface area contributed by atoms with Gasteiger partial charge in [0.1, 0.15) is 10.6 Å². The minimum Gasteiger partial charge on any atom is -0.481 e. The van der Waals surface area contributed by atoms with Crippen LogP contribution in [0.25, 0.3) is 11.1 Å². The number of hydrogen-bond acceptors (Lipinski definition) is 7. The van der Waals surface area contributed by atoms with Gasteiger partial charge in [-0.25, -0.2) is 4.79 Å². The lowest BCUT2D eigenvalue weighted by Gasteiger charge is -2.24. The Morgan fingerprint density at radius 3 is 2.41 bits per heavy atom. The van der Waals surface area contributed by atoms with Crippen LogP contribution in [0.1, 0.15) is 43.5 Å². The molecule has 2 aromatic carbocycles. The van der Waals surface area contributed by atoms with Gasteiger partial charge < -0.3 is 20.5 Å². The Bertz CT molecular complexity index is 1440. The van der Waals surface area contributed by atoms with Crippen LogP contribution in [0.3, 0.4) is 0 Å². The highest BCUT2D eigenvalue weighted by Gasteiger charge is 2.34. The van der Waals surface area contributed by atoms with Gasteiger partial charge in [0, 0.05) is 21.5 Å². The van der Waals surface area contributed by atoms with E-state index in [1.165, 1.54) is 23.1 Å². The zero-order chi connectivity index (χ0) is 29.4. The van der Waals surface area contributed by atoms with Gasteiger partial charge in [-0.1, -0.05) is 55.5 Å². The number of amides is 2. The molecule has 3 aromatic rings. The molecular formula is C31H32N2O6S2. The molecule has 0 aliphatic heterocycles. The smallest absolute Gasteiger partial charge is 0.341 e. The first-order valence-corrected chi connectivity index (χ1v) is 15.2. The summed E-state index contributed by atoms with van der Waals surface area (Å²) in [7, 11) is 0. The molecule has 214 valence electrons. The minimum atomic E-state index is -0.983. The maximum Gasteiger partial charge on any atom is 0.341 e. The van der Waals surface area contributed by atoms with Gasteiger partial charge in [-0.3, -0.25) is 14.4 Å². The van der Waals surface area contributed by atoms with Gasteiger partial charge >= 0.3 is 11.9 Å². The van der Waals surface area contributed by atoms with Crippen LogP contribution < -0.4 is 10.6 Å². The molecule has 1 heterocycles. The number of thioether (sulfide) groups is 1. The maximum absolute atomic E-state index is 13.4. The van der Waals surface area contributed by atoms with Gasteiger partial charge in [-0.05, 0) is 49.9 Å². The van der Waals surface area contributed by atoms with E-state index in [1.54, 1.807) is 31.2 Å². The second-order valence-corrected chi connectivity index (χ2v) is 11.6. The number of carbonyl (C=O) groups excluding carboxylic acids is 3. The Morgan fingerprint density at radius 2 is 1.73 bits per heavy atom. The van der Waals surface area contributed by atoms with E-state index in [9.17, 15) is 24.3 Å². The summed E-state index contributed by atoms with van der Waals surface area (Å²) in [6, 6.07) is 16.6. The molecule has 2 amide bonds. The number of thiophene rings is 1. The summed E-state index contributed by atoms with van der Waals surface area (Å²) in [6.07, 6.45) is 4.85. The van der Waals surface area contributed by atoms with Crippen molar-refractivity contribution >= 4 is 57.5 Å². The first-order chi connectivity index (χ1) is 19.8. The average molecular weight is 593 g/mol. The third-order valence-electron chi connectivity index (χ3n) is 6.72. The molecule has 0 saturated heterocycles. The van der Waals surface area contributed by atoms with Gasteiger partial charge in [0.25, 0.3) is 0 Å². The van der Waals surface area contributed by atoms with E-state index in [1.807, 2.05) is 54.8 Å². The number of rotatable bonds is 11. The highest BCUT2D eigenvalue weighted by Crippen LogP contribution is 2.37. The predicted octanol–water partition coefficient (Wildman–Crippen LogP) is 6.71. The van der Waals surface area contributed by atoms with Crippen molar-refractivity contribution in [2.75, 3.05) is 17.2 Å². The number of hydrogen-bond donors (Lipinski definition) is 3. The monoisotopic (exact) mass is 592 g/mol. The van der Waals surface area contributed by atoms with Crippen LogP contribution in [0.5, 0.6) is 0 Å². The number of nitrogens with one attached hydrogen (secondary N) is 2. The topological polar surface area (TPSA) is 122 Å². The molecule has 8 nitrogen and oxygen atoms in total. The standard InChI is InChI=1S/C31H32N2O6S2/c1-3-25(28(35)33-29-26(31(38)39-4-2)24(18-40-29)19-11-6-5-7-12-19)41-21-14-10-13-20(17-21)32-27(34)22-15-8-9-16-23(22)30(36)37/h5-14,17-18,22-23,25H,3-4,15-16H2,1-2H3,(H,32,34)(H,33,35)(H,36,37). The number of esters is 1. The van der Waals surface area contributed by atoms with Crippen molar-refractivity contribution in [2.45, 2.75) is 43.3 Å². The van der Waals surface area contributed by atoms with Crippen LogP contribution in [0.2, 0.25) is 0 Å². The van der Waals surface area contributed by atoms with E-state index in [-0.39, 0.29) is 18.4 Å². The van der Waals surface area contributed by atoms with Gasteiger partial charge in [0.05, 0.1) is 23.7 Å². The number of carbonyl (C=O) groups is 4. The van der Waals surface area contributed by atoms with Crippen molar-refractivity contribution in [3.63, 3.8) is 0 Å². The summed E-state index contributed by atoms with van der Waals surface area (Å²) < 4.78 is 5.30. The molecule has 3 atom stereocenters. The zero-order valence-corrected chi connectivity index (χ0v) is 24.4. The highest BCUT2D eigenvalue weighted by molar-refractivity contribution is 8.00. The van der Waals surface area contributed by atoms with Crippen LogP contribution in [0.15, 0.2) is 77.0 Å². The molecule has 3 N–H and O–H groups in total. The molecule has 1 aliphatic rings. The Morgan fingerprint density at radius 1 is 1.00 bits per heavy atom. The number of anilines is 2. The molecule has 4 rings (SSSR count). The fourth-order valence-corrected chi connectivity index (χ4v) is 6.60. The summed E-state index contributed by atoms with van der Waals surface area (Å²) >= 11 is 2.62. The molecule has 41 heavy (non-hydrogen) atoms. The van der Waals surface area contributed by atoms with Gasteiger partial charge in [-0.15, -0.1) is 23.1 Å². The van der Waals surface area contributed by atoms with E-state index in [0.717, 1.165) is 10.5 Å². The molecule has 0 spiro atoms. The molecule has 0 radical (unpaired) electrons. The van der Waals surface area contributed by atoms with Crippen molar-refractivity contribution in [3.8, 4) is 11.1 Å². The van der Waals surface area contributed by atoms with Crippen LogP contribution in [0.4, 0.5) is 10.7 Å². The molecule has 1 aromatic heterocycles. The van der Waals surface area contributed by atoms with Crippen LogP contribution in [0, 0.1) is 11.8 Å².